The molecule has 0 amide bonds. The lowest BCUT2D eigenvalue weighted by Crippen LogP contribution is -2.42. The molecular formula is C26H34N4O6. The molecule has 36 heavy (non-hydrogen) atoms. The third kappa shape index (κ3) is 5.95. The van der Waals surface area contributed by atoms with Crippen LogP contribution in [0.4, 0.5) is 0 Å². The van der Waals surface area contributed by atoms with E-state index >= 15 is 0 Å². The average molecular weight is 499 g/mol. The predicted molar refractivity (Wildman–Crippen MR) is 135 cm³/mol. The van der Waals surface area contributed by atoms with Crippen molar-refractivity contribution in [3.05, 3.63) is 46.4 Å². The standard InChI is InChI=1S/C26H34N4O6/c1-17-12-19(15-29(2)25(17)31)24-28-21-13-20(36-11-8-27-22(16-34-3)26(32)33)4-5-23(21)30(24)14-18-6-9-35-10-7-18/h4-5,12-13,15,18,22,27H,6-11,14,16H2,1-3H3,(H,32,33)/t22-/m0/s1. The Labute approximate surface area is 209 Å². The van der Waals surface area contributed by atoms with Crippen LogP contribution < -0.4 is 15.6 Å². The Morgan fingerprint density at radius 3 is 2.78 bits per heavy atom. The lowest BCUT2D eigenvalue weighted by Gasteiger charge is -2.23. The predicted octanol–water partition coefficient (Wildman–Crippen LogP) is 2.21. The molecule has 0 saturated carbocycles. The molecule has 1 aliphatic rings. The maximum absolute atomic E-state index is 12.3. The normalized spacial score (nSPS) is 15.3. The number of carbonyl (C=O) groups is 1. The summed E-state index contributed by atoms with van der Waals surface area (Å²) in [6, 6.07) is 6.93. The number of hydrogen-bond acceptors (Lipinski definition) is 7. The van der Waals surface area contributed by atoms with Gasteiger partial charge in [0.05, 0.1) is 17.6 Å². The number of carboxylic acid groups (broad SMARTS) is 1. The highest BCUT2D eigenvalue weighted by Crippen LogP contribution is 2.30. The molecule has 1 aromatic carbocycles. The second kappa shape index (κ2) is 11.7. The second-order valence-electron chi connectivity index (χ2n) is 9.23. The van der Waals surface area contributed by atoms with Crippen molar-refractivity contribution in [1.82, 2.24) is 19.4 Å². The lowest BCUT2D eigenvalue weighted by atomic mass is 10.00. The number of aryl methyl sites for hydroxylation is 2. The molecule has 0 unspecified atom stereocenters. The second-order valence-corrected chi connectivity index (χ2v) is 9.23. The van der Waals surface area contributed by atoms with E-state index in [1.807, 2.05) is 37.4 Å². The molecule has 3 heterocycles. The van der Waals surface area contributed by atoms with Gasteiger partial charge in [0.2, 0.25) is 0 Å². The molecule has 1 fully saturated rings. The number of aliphatic carboxylic acids is 1. The van der Waals surface area contributed by atoms with Gasteiger partial charge in [-0.25, -0.2) is 4.98 Å². The Balaban J connectivity index is 1.58. The van der Waals surface area contributed by atoms with Crippen molar-refractivity contribution in [1.29, 1.82) is 0 Å². The number of fused-ring (bicyclic) bond motifs is 1. The van der Waals surface area contributed by atoms with Gasteiger partial charge in [0, 0.05) is 63.9 Å². The maximum Gasteiger partial charge on any atom is 0.323 e. The molecule has 3 aromatic rings. The summed E-state index contributed by atoms with van der Waals surface area (Å²) >= 11 is 0. The number of nitrogens with zero attached hydrogens (tertiary/aromatic N) is 3. The van der Waals surface area contributed by atoms with Crippen molar-refractivity contribution in [3.8, 4) is 17.1 Å². The number of rotatable bonds is 11. The Hall–Kier alpha value is -3.21. The highest BCUT2D eigenvalue weighted by molar-refractivity contribution is 5.82. The van der Waals surface area contributed by atoms with Gasteiger partial charge in [-0.2, -0.15) is 0 Å². The van der Waals surface area contributed by atoms with Crippen LogP contribution in [0.5, 0.6) is 5.75 Å². The van der Waals surface area contributed by atoms with E-state index in [-0.39, 0.29) is 12.2 Å². The summed E-state index contributed by atoms with van der Waals surface area (Å²) in [7, 11) is 3.22. The highest BCUT2D eigenvalue weighted by Gasteiger charge is 2.21. The zero-order valence-corrected chi connectivity index (χ0v) is 21.0. The van der Waals surface area contributed by atoms with Crippen LogP contribution in [0.15, 0.2) is 35.3 Å². The zero-order chi connectivity index (χ0) is 25.7. The number of nitrogens with one attached hydrogen (secondary N) is 1. The van der Waals surface area contributed by atoms with Crippen molar-refractivity contribution < 1.29 is 24.1 Å². The van der Waals surface area contributed by atoms with Crippen molar-refractivity contribution in [2.75, 3.05) is 40.1 Å². The third-order valence-corrected chi connectivity index (χ3v) is 6.51. The molecule has 2 aromatic heterocycles. The zero-order valence-electron chi connectivity index (χ0n) is 21.0. The first kappa shape index (κ1) is 25.9. The van der Waals surface area contributed by atoms with Crippen LogP contribution in [0.25, 0.3) is 22.4 Å². The Bertz CT molecular complexity index is 1240. The van der Waals surface area contributed by atoms with Crippen molar-refractivity contribution in [2.24, 2.45) is 13.0 Å². The van der Waals surface area contributed by atoms with E-state index in [2.05, 4.69) is 9.88 Å². The molecule has 2 N–H and O–H groups in total. The fourth-order valence-corrected chi connectivity index (χ4v) is 4.58. The molecule has 194 valence electrons. The van der Waals surface area contributed by atoms with E-state index < -0.39 is 12.0 Å². The summed E-state index contributed by atoms with van der Waals surface area (Å²) in [5, 5.41) is 12.1. The van der Waals surface area contributed by atoms with Crippen LogP contribution in [0.1, 0.15) is 18.4 Å². The van der Waals surface area contributed by atoms with Gasteiger partial charge in [-0.05, 0) is 43.9 Å². The van der Waals surface area contributed by atoms with Gasteiger partial charge in [-0.3, -0.25) is 14.9 Å². The molecule has 10 nitrogen and oxygen atoms in total. The van der Waals surface area contributed by atoms with Crippen molar-refractivity contribution in [2.45, 2.75) is 32.4 Å². The van der Waals surface area contributed by atoms with E-state index in [1.165, 1.54) is 7.11 Å². The average Bonchev–Trinajstić information content (AvgIpc) is 3.22. The first-order valence-corrected chi connectivity index (χ1v) is 12.2. The van der Waals surface area contributed by atoms with Gasteiger partial charge >= 0.3 is 5.97 Å². The number of methoxy groups -OCH3 is 1. The van der Waals surface area contributed by atoms with Crippen LogP contribution >= 0.6 is 0 Å². The molecule has 0 spiro atoms. The monoisotopic (exact) mass is 498 g/mol. The third-order valence-electron chi connectivity index (χ3n) is 6.51. The fraction of sp³-hybridized carbons (Fsp3) is 0.500. The highest BCUT2D eigenvalue weighted by atomic mass is 16.5. The van der Waals surface area contributed by atoms with Gasteiger partial charge in [0.1, 0.15) is 24.2 Å². The van der Waals surface area contributed by atoms with Crippen molar-refractivity contribution in [3.63, 3.8) is 0 Å². The van der Waals surface area contributed by atoms with Gasteiger partial charge in [0.15, 0.2) is 0 Å². The summed E-state index contributed by atoms with van der Waals surface area (Å²) in [6.07, 6.45) is 3.83. The minimum atomic E-state index is -0.963. The van der Waals surface area contributed by atoms with Crippen LogP contribution in [-0.2, 0) is 27.9 Å². The lowest BCUT2D eigenvalue weighted by molar-refractivity contribution is -0.140. The smallest absolute Gasteiger partial charge is 0.323 e. The summed E-state index contributed by atoms with van der Waals surface area (Å²) in [5.74, 6) is 0.994. The van der Waals surface area contributed by atoms with E-state index in [0.717, 1.165) is 55.0 Å². The van der Waals surface area contributed by atoms with Gasteiger partial charge in [0.25, 0.3) is 5.56 Å². The van der Waals surface area contributed by atoms with Gasteiger partial charge in [-0.15, -0.1) is 0 Å². The summed E-state index contributed by atoms with van der Waals surface area (Å²) in [6.45, 7) is 4.92. The Morgan fingerprint density at radius 2 is 2.08 bits per heavy atom. The molecule has 1 saturated heterocycles. The Morgan fingerprint density at radius 1 is 1.31 bits per heavy atom. The van der Waals surface area contributed by atoms with E-state index in [4.69, 9.17) is 19.2 Å². The number of ether oxygens (including phenoxy) is 3. The molecule has 0 aliphatic carbocycles. The van der Waals surface area contributed by atoms with Crippen LogP contribution in [0.2, 0.25) is 0 Å². The quantitative estimate of drug-likeness (QED) is 0.387. The molecule has 0 radical (unpaired) electrons. The van der Waals surface area contributed by atoms with E-state index in [9.17, 15) is 14.7 Å². The minimum Gasteiger partial charge on any atom is -0.492 e. The number of hydrogen-bond donors (Lipinski definition) is 2. The molecule has 4 rings (SSSR count). The number of aromatic nitrogens is 3. The van der Waals surface area contributed by atoms with Gasteiger partial charge < -0.3 is 28.5 Å². The van der Waals surface area contributed by atoms with Crippen molar-refractivity contribution >= 4 is 17.0 Å². The number of imidazole rings is 1. The maximum atomic E-state index is 12.3. The summed E-state index contributed by atoms with van der Waals surface area (Å²) in [4.78, 5) is 28.5. The van der Waals surface area contributed by atoms with Crippen LogP contribution in [0.3, 0.4) is 0 Å². The van der Waals surface area contributed by atoms with E-state index in [1.54, 1.807) is 11.6 Å². The fourth-order valence-electron chi connectivity index (χ4n) is 4.58. The number of carboxylic acids is 1. The molecule has 10 heteroatoms. The SMILES string of the molecule is COC[C@H](NCCOc1ccc2c(c1)nc(-c1cc(C)c(=O)n(C)c1)n2CC1CCOCC1)C(=O)O. The summed E-state index contributed by atoms with van der Waals surface area (Å²) < 4.78 is 20.2. The first-order chi connectivity index (χ1) is 17.4. The number of benzene rings is 1. The minimum absolute atomic E-state index is 0.0224. The Kier molecular flexibility index (Phi) is 8.40. The van der Waals surface area contributed by atoms with Gasteiger partial charge in [-0.1, -0.05) is 0 Å². The van der Waals surface area contributed by atoms with Crippen LogP contribution in [0, 0.1) is 12.8 Å². The molecule has 1 aliphatic heterocycles. The summed E-state index contributed by atoms with van der Waals surface area (Å²) in [5.41, 5.74) is 3.34. The number of pyridine rings is 1. The molecule has 1 atom stereocenters. The van der Waals surface area contributed by atoms with E-state index in [0.29, 0.717) is 30.4 Å². The molecule has 0 bridgehead atoms. The van der Waals surface area contributed by atoms with Crippen LogP contribution in [-0.4, -0.2) is 71.3 Å². The largest absolute Gasteiger partial charge is 0.492 e. The first-order valence-electron chi connectivity index (χ1n) is 12.2. The molecular weight excluding hydrogens is 464 g/mol. The topological polar surface area (TPSA) is 117 Å².